The summed E-state index contributed by atoms with van der Waals surface area (Å²) in [5.74, 6) is -0.201. The fourth-order valence-electron chi connectivity index (χ4n) is 4.46. The fourth-order valence-corrected chi connectivity index (χ4v) is 6.10. The van der Waals surface area contributed by atoms with Gasteiger partial charge in [0, 0.05) is 29.7 Å². The summed E-state index contributed by atoms with van der Waals surface area (Å²) in [6, 6.07) is 18.5. The first-order valence-corrected chi connectivity index (χ1v) is 14.7. The molecule has 6 aromatic rings. The zero-order valence-electron chi connectivity index (χ0n) is 23.3. The molecule has 0 atom stereocenters. The second-order valence-corrected chi connectivity index (χ2v) is 12.3. The van der Waals surface area contributed by atoms with Crippen molar-refractivity contribution in [3.05, 3.63) is 104 Å². The number of azo groups is 2. The molecule has 16 heteroatoms. The van der Waals surface area contributed by atoms with Crippen molar-refractivity contribution in [2.24, 2.45) is 20.5 Å². The van der Waals surface area contributed by atoms with Crippen LogP contribution in [-0.2, 0) is 5.41 Å². The summed E-state index contributed by atoms with van der Waals surface area (Å²) in [6.45, 7) is 3.91. The molecule has 0 radical (unpaired) electrons. The number of non-ortho nitro benzene ring substituents is 2. The van der Waals surface area contributed by atoms with Crippen LogP contribution in [0.15, 0.2) is 93.3 Å². The van der Waals surface area contributed by atoms with Crippen LogP contribution in [0.3, 0.4) is 0 Å². The first-order valence-electron chi connectivity index (χ1n) is 13.1. The van der Waals surface area contributed by atoms with E-state index in [0.717, 1.165) is 33.8 Å². The van der Waals surface area contributed by atoms with Crippen LogP contribution < -0.4 is 0 Å². The van der Waals surface area contributed by atoms with Crippen molar-refractivity contribution in [1.82, 2.24) is 9.97 Å². The zero-order chi connectivity index (χ0) is 31.9. The van der Waals surface area contributed by atoms with Crippen LogP contribution in [0.25, 0.3) is 20.4 Å². The molecule has 0 bridgehead atoms. The first-order chi connectivity index (χ1) is 21.5. The summed E-state index contributed by atoms with van der Waals surface area (Å²) in [5, 5.41) is 60.4. The molecule has 0 fully saturated rings. The fraction of sp³-hybridized carbons (Fsp3) is 0.103. The lowest BCUT2D eigenvalue weighted by Gasteiger charge is -2.26. The first kappa shape index (κ1) is 29.3. The highest BCUT2D eigenvalue weighted by molar-refractivity contribution is 7.22. The summed E-state index contributed by atoms with van der Waals surface area (Å²) in [4.78, 5) is 29.9. The van der Waals surface area contributed by atoms with Crippen LogP contribution in [0.4, 0.5) is 33.0 Å². The van der Waals surface area contributed by atoms with Gasteiger partial charge in [-0.3, -0.25) is 20.2 Å². The summed E-state index contributed by atoms with van der Waals surface area (Å²) in [6.07, 6.45) is 0. The molecule has 0 aliphatic rings. The van der Waals surface area contributed by atoms with Gasteiger partial charge in [0.2, 0.25) is 10.3 Å². The molecule has 0 spiro atoms. The van der Waals surface area contributed by atoms with E-state index in [0.29, 0.717) is 20.4 Å². The number of hydrogen-bond acceptors (Lipinski definition) is 14. The van der Waals surface area contributed by atoms with Crippen molar-refractivity contribution in [3.8, 4) is 11.5 Å². The van der Waals surface area contributed by atoms with Gasteiger partial charge in [-0.1, -0.05) is 48.7 Å². The number of fused-ring (bicyclic) bond motifs is 2. The van der Waals surface area contributed by atoms with Gasteiger partial charge in [0.25, 0.3) is 11.4 Å². The van der Waals surface area contributed by atoms with Crippen molar-refractivity contribution in [2.75, 3.05) is 0 Å². The van der Waals surface area contributed by atoms with Crippen LogP contribution in [0.1, 0.15) is 25.0 Å². The number of phenols is 2. The third-order valence-corrected chi connectivity index (χ3v) is 8.83. The Kier molecular flexibility index (Phi) is 7.43. The Balaban J connectivity index is 1.26. The molecule has 45 heavy (non-hydrogen) atoms. The van der Waals surface area contributed by atoms with Crippen LogP contribution >= 0.6 is 22.7 Å². The monoisotopic (exact) mass is 640 g/mol. The van der Waals surface area contributed by atoms with Crippen molar-refractivity contribution >= 4 is 76.1 Å². The van der Waals surface area contributed by atoms with Gasteiger partial charge in [0.05, 0.1) is 30.3 Å². The molecular weight excluding hydrogens is 621 g/mol. The predicted molar refractivity (Wildman–Crippen MR) is 169 cm³/mol. The van der Waals surface area contributed by atoms with E-state index >= 15 is 0 Å². The van der Waals surface area contributed by atoms with Crippen LogP contribution in [0.2, 0.25) is 0 Å². The Morgan fingerprint density at radius 1 is 0.644 bits per heavy atom. The lowest BCUT2D eigenvalue weighted by molar-refractivity contribution is -0.384. The van der Waals surface area contributed by atoms with Crippen molar-refractivity contribution in [3.63, 3.8) is 0 Å². The Hall–Kier alpha value is -5.74. The number of nitro groups is 2. The number of aromatic hydroxyl groups is 2. The van der Waals surface area contributed by atoms with Crippen LogP contribution in [0, 0.1) is 20.2 Å². The average molecular weight is 641 g/mol. The van der Waals surface area contributed by atoms with E-state index in [4.69, 9.17) is 0 Å². The molecule has 0 saturated heterocycles. The van der Waals surface area contributed by atoms with Gasteiger partial charge in [-0.25, -0.2) is 9.97 Å². The quantitative estimate of drug-likeness (QED) is 0.0929. The van der Waals surface area contributed by atoms with E-state index in [1.807, 2.05) is 13.8 Å². The molecule has 14 nitrogen and oxygen atoms in total. The molecule has 0 aliphatic heterocycles. The summed E-state index contributed by atoms with van der Waals surface area (Å²) in [7, 11) is 0. The molecule has 0 amide bonds. The second kappa shape index (κ2) is 11.4. The van der Waals surface area contributed by atoms with Gasteiger partial charge in [-0.05, 0) is 47.5 Å². The number of nitro benzene ring substituents is 2. The molecule has 2 aromatic heterocycles. The highest BCUT2D eigenvalue weighted by Gasteiger charge is 2.25. The van der Waals surface area contributed by atoms with Gasteiger partial charge >= 0.3 is 0 Å². The number of thiazole rings is 2. The van der Waals surface area contributed by atoms with Gasteiger partial charge in [-0.2, -0.15) is 0 Å². The van der Waals surface area contributed by atoms with E-state index in [2.05, 4.69) is 30.4 Å². The summed E-state index contributed by atoms with van der Waals surface area (Å²) < 4.78 is 1.18. The smallest absolute Gasteiger partial charge is 0.270 e. The molecule has 0 unspecified atom stereocenters. The van der Waals surface area contributed by atoms with E-state index < -0.39 is 15.3 Å². The molecule has 224 valence electrons. The minimum atomic E-state index is -0.653. The van der Waals surface area contributed by atoms with Crippen LogP contribution in [0.5, 0.6) is 11.5 Å². The molecule has 6 rings (SSSR count). The minimum absolute atomic E-state index is 0.0499. The molecular formula is C29H20N8O6S2. The maximum atomic E-state index is 11.1. The Bertz CT molecular complexity index is 2050. The number of phenolic OH excluding ortho intramolecular Hbond substituents is 2. The predicted octanol–water partition coefficient (Wildman–Crippen LogP) is 9.29. The average Bonchev–Trinajstić information content (AvgIpc) is 3.62. The zero-order valence-corrected chi connectivity index (χ0v) is 25.0. The summed E-state index contributed by atoms with van der Waals surface area (Å²) in [5.41, 5.74) is 2.28. The summed E-state index contributed by atoms with van der Waals surface area (Å²) >= 11 is 2.28. The third-order valence-electron chi connectivity index (χ3n) is 7.02. The van der Waals surface area contributed by atoms with Crippen molar-refractivity contribution in [1.29, 1.82) is 0 Å². The number of rotatable bonds is 8. The maximum absolute atomic E-state index is 11.1. The lowest BCUT2D eigenvalue weighted by Crippen LogP contribution is -2.18. The van der Waals surface area contributed by atoms with Gasteiger partial charge in [0.1, 0.15) is 22.9 Å². The number of hydrogen-bond donors (Lipinski definition) is 2. The maximum Gasteiger partial charge on any atom is 0.270 e. The van der Waals surface area contributed by atoms with E-state index in [1.165, 1.54) is 36.4 Å². The third kappa shape index (κ3) is 5.91. The van der Waals surface area contributed by atoms with Crippen molar-refractivity contribution in [2.45, 2.75) is 19.3 Å². The van der Waals surface area contributed by atoms with Crippen molar-refractivity contribution < 1.29 is 20.1 Å². The normalized spacial score (nSPS) is 12.1. The molecule has 0 saturated carbocycles. The van der Waals surface area contributed by atoms with Crippen LogP contribution in [-0.4, -0.2) is 30.0 Å². The second-order valence-electron chi connectivity index (χ2n) is 10.2. The number of nitrogens with zero attached hydrogens (tertiary/aromatic N) is 8. The Morgan fingerprint density at radius 3 is 1.47 bits per heavy atom. The molecule has 2 N–H and O–H groups in total. The number of benzene rings is 4. The standard InChI is InChI=1S/C29H20N8O6S2/c1-29(2,15-3-9-23(38)21(11-15)32-34-27-30-19-7-5-17(36(40)41)13-25(19)44-27)16-4-10-24(39)22(12-16)33-35-28-31-20-8-6-18(37(42)43)14-26(20)45-28/h3-14,38-39H,1-2H3. The minimum Gasteiger partial charge on any atom is -0.506 e. The van der Waals surface area contributed by atoms with Gasteiger partial charge in [-0.15, -0.1) is 20.5 Å². The SMILES string of the molecule is CC(C)(c1ccc(O)c(N=Nc2nc3ccc([N+](=O)[O-])cc3s2)c1)c1ccc(O)c(N=Nc2nc3ccc([N+](=O)[O-])cc3s2)c1. The van der Waals surface area contributed by atoms with E-state index in [1.54, 1.807) is 36.4 Å². The number of aromatic nitrogens is 2. The molecule has 0 aliphatic carbocycles. The topological polar surface area (TPSA) is 202 Å². The molecule has 2 heterocycles. The Labute approximate surface area is 261 Å². The van der Waals surface area contributed by atoms with Gasteiger partial charge in [0.15, 0.2) is 0 Å². The lowest BCUT2D eigenvalue weighted by atomic mass is 9.78. The van der Waals surface area contributed by atoms with E-state index in [9.17, 15) is 30.4 Å². The Morgan fingerprint density at radius 2 is 1.07 bits per heavy atom. The van der Waals surface area contributed by atoms with E-state index in [-0.39, 0.29) is 44.5 Å². The highest BCUT2D eigenvalue weighted by atomic mass is 32.1. The molecule has 4 aromatic carbocycles. The van der Waals surface area contributed by atoms with Gasteiger partial charge < -0.3 is 10.2 Å². The highest BCUT2D eigenvalue weighted by Crippen LogP contribution is 2.41. The largest absolute Gasteiger partial charge is 0.506 e.